The lowest BCUT2D eigenvalue weighted by molar-refractivity contribution is 0.00134. The molecule has 0 aromatic rings. The first kappa shape index (κ1) is 13.0. The molecule has 0 amide bonds. The summed E-state index contributed by atoms with van der Waals surface area (Å²) in [6.45, 7) is 7.48. The summed E-state index contributed by atoms with van der Waals surface area (Å²) >= 11 is 0. The van der Waals surface area contributed by atoms with Gasteiger partial charge in [-0.05, 0) is 25.2 Å². The van der Waals surface area contributed by atoms with E-state index in [1.165, 1.54) is 19.3 Å². The maximum Gasteiger partial charge on any atom is 0.0771 e. The second-order valence-electron chi connectivity index (χ2n) is 5.42. The van der Waals surface area contributed by atoms with Crippen LogP contribution >= 0.6 is 0 Å². The lowest BCUT2D eigenvalue weighted by Crippen LogP contribution is -2.46. The quantitative estimate of drug-likeness (QED) is 0.736. The molecule has 15 heavy (non-hydrogen) atoms. The van der Waals surface area contributed by atoms with Crippen molar-refractivity contribution in [3.8, 4) is 0 Å². The predicted octanol–water partition coefficient (Wildman–Crippen LogP) is 2.71. The van der Waals surface area contributed by atoms with E-state index in [1.807, 2.05) is 0 Å². The van der Waals surface area contributed by atoms with E-state index in [2.05, 4.69) is 26.1 Å². The Morgan fingerprint density at radius 3 is 2.27 bits per heavy atom. The van der Waals surface area contributed by atoms with Crippen molar-refractivity contribution >= 4 is 0 Å². The molecule has 0 heterocycles. The summed E-state index contributed by atoms with van der Waals surface area (Å²) in [5.41, 5.74) is -0.416. The summed E-state index contributed by atoms with van der Waals surface area (Å²) in [4.78, 5) is 0. The van der Waals surface area contributed by atoms with Gasteiger partial charge in [-0.1, -0.05) is 40.0 Å². The van der Waals surface area contributed by atoms with Gasteiger partial charge in [-0.2, -0.15) is 0 Å². The maximum absolute atomic E-state index is 10.3. The van der Waals surface area contributed by atoms with Gasteiger partial charge in [0, 0.05) is 12.6 Å². The third-order valence-electron chi connectivity index (χ3n) is 3.72. The first-order valence-electron chi connectivity index (χ1n) is 6.53. The first-order valence-corrected chi connectivity index (χ1v) is 6.53. The third kappa shape index (κ3) is 4.12. The fourth-order valence-corrected chi connectivity index (χ4v) is 2.56. The molecule has 2 N–H and O–H groups in total. The minimum absolute atomic E-state index is 0.416. The minimum atomic E-state index is -0.416. The Morgan fingerprint density at radius 2 is 1.80 bits per heavy atom. The Hall–Kier alpha value is -0.0800. The molecule has 1 saturated carbocycles. The number of aliphatic hydroxyl groups is 1. The Balaban J connectivity index is 2.33. The molecule has 0 aromatic carbocycles. The van der Waals surface area contributed by atoms with E-state index in [4.69, 9.17) is 0 Å². The standard InChI is InChI=1S/C13H27NO/c1-4-12(11(2)3)14-10-13(15)8-6-5-7-9-13/h11-12,14-15H,4-10H2,1-3H3. The molecule has 2 nitrogen and oxygen atoms in total. The fraction of sp³-hybridized carbons (Fsp3) is 1.00. The van der Waals surface area contributed by atoms with E-state index < -0.39 is 5.60 Å². The zero-order valence-corrected chi connectivity index (χ0v) is 10.6. The number of rotatable bonds is 5. The predicted molar refractivity (Wildman–Crippen MR) is 65.0 cm³/mol. The van der Waals surface area contributed by atoms with Crippen molar-refractivity contribution in [3.63, 3.8) is 0 Å². The molecule has 0 saturated heterocycles. The molecule has 0 bridgehead atoms. The zero-order chi connectivity index (χ0) is 11.3. The van der Waals surface area contributed by atoms with Crippen molar-refractivity contribution < 1.29 is 5.11 Å². The topological polar surface area (TPSA) is 32.3 Å². The second kappa shape index (κ2) is 5.86. The first-order chi connectivity index (χ1) is 7.07. The zero-order valence-electron chi connectivity index (χ0n) is 10.6. The van der Waals surface area contributed by atoms with Crippen molar-refractivity contribution in [1.29, 1.82) is 0 Å². The molecule has 0 radical (unpaired) electrons. The largest absolute Gasteiger partial charge is 0.389 e. The third-order valence-corrected chi connectivity index (χ3v) is 3.72. The van der Waals surface area contributed by atoms with Crippen molar-refractivity contribution in [3.05, 3.63) is 0 Å². The molecule has 0 aromatic heterocycles. The Labute approximate surface area is 94.5 Å². The SMILES string of the molecule is CCC(NCC1(O)CCCCC1)C(C)C. The monoisotopic (exact) mass is 213 g/mol. The van der Waals surface area contributed by atoms with Gasteiger partial charge in [0.05, 0.1) is 5.60 Å². The van der Waals surface area contributed by atoms with Crippen LogP contribution in [0.1, 0.15) is 59.3 Å². The van der Waals surface area contributed by atoms with E-state index in [1.54, 1.807) is 0 Å². The highest BCUT2D eigenvalue weighted by Gasteiger charge is 2.29. The summed E-state index contributed by atoms with van der Waals surface area (Å²) in [6, 6.07) is 0.552. The summed E-state index contributed by atoms with van der Waals surface area (Å²) in [6.07, 6.45) is 6.79. The molecule has 1 unspecified atom stereocenters. The van der Waals surface area contributed by atoms with E-state index in [0.717, 1.165) is 25.8 Å². The van der Waals surface area contributed by atoms with Crippen molar-refractivity contribution in [1.82, 2.24) is 5.32 Å². The van der Waals surface area contributed by atoms with Crippen LogP contribution in [0.25, 0.3) is 0 Å². The van der Waals surface area contributed by atoms with Gasteiger partial charge in [0.25, 0.3) is 0 Å². The molecule has 0 aliphatic heterocycles. The van der Waals surface area contributed by atoms with E-state index in [-0.39, 0.29) is 0 Å². The highest BCUT2D eigenvalue weighted by atomic mass is 16.3. The van der Waals surface area contributed by atoms with Gasteiger partial charge in [-0.15, -0.1) is 0 Å². The number of nitrogens with one attached hydrogen (secondary N) is 1. The molecule has 1 aliphatic carbocycles. The average Bonchev–Trinajstić information content (AvgIpc) is 2.19. The normalized spacial score (nSPS) is 23.0. The van der Waals surface area contributed by atoms with Crippen LogP contribution in [-0.2, 0) is 0 Å². The molecular weight excluding hydrogens is 186 g/mol. The minimum Gasteiger partial charge on any atom is -0.389 e. The van der Waals surface area contributed by atoms with Crippen LogP contribution in [0.3, 0.4) is 0 Å². The van der Waals surface area contributed by atoms with Gasteiger partial charge in [-0.25, -0.2) is 0 Å². The van der Waals surface area contributed by atoms with Gasteiger partial charge in [0.1, 0.15) is 0 Å². The number of hydrogen-bond donors (Lipinski definition) is 2. The summed E-state index contributed by atoms with van der Waals surface area (Å²) in [5.74, 6) is 0.655. The lowest BCUT2D eigenvalue weighted by Gasteiger charge is -2.34. The van der Waals surface area contributed by atoms with Gasteiger partial charge in [0.2, 0.25) is 0 Å². The van der Waals surface area contributed by atoms with Crippen molar-refractivity contribution in [2.75, 3.05) is 6.54 Å². The molecule has 1 rings (SSSR count). The Kier molecular flexibility index (Phi) is 5.07. The van der Waals surface area contributed by atoms with Gasteiger partial charge in [-0.3, -0.25) is 0 Å². The summed E-state index contributed by atoms with van der Waals surface area (Å²) in [7, 11) is 0. The highest BCUT2D eigenvalue weighted by Crippen LogP contribution is 2.27. The maximum atomic E-state index is 10.3. The molecule has 2 heteroatoms. The molecule has 1 fully saturated rings. The van der Waals surface area contributed by atoms with E-state index >= 15 is 0 Å². The average molecular weight is 213 g/mol. The Bertz CT molecular complexity index is 173. The number of hydrogen-bond acceptors (Lipinski definition) is 2. The van der Waals surface area contributed by atoms with E-state index in [9.17, 15) is 5.11 Å². The lowest BCUT2D eigenvalue weighted by atomic mass is 9.84. The van der Waals surface area contributed by atoms with Gasteiger partial charge in [0.15, 0.2) is 0 Å². The smallest absolute Gasteiger partial charge is 0.0771 e. The fourth-order valence-electron chi connectivity index (χ4n) is 2.56. The van der Waals surface area contributed by atoms with Crippen molar-refractivity contribution in [2.24, 2.45) is 5.92 Å². The molecule has 0 spiro atoms. The molecule has 1 aliphatic rings. The molecular formula is C13H27NO. The summed E-state index contributed by atoms with van der Waals surface area (Å²) in [5, 5.41) is 13.9. The molecule has 1 atom stereocenters. The van der Waals surface area contributed by atoms with Crippen LogP contribution in [0.5, 0.6) is 0 Å². The Morgan fingerprint density at radius 1 is 1.20 bits per heavy atom. The highest BCUT2D eigenvalue weighted by molar-refractivity contribution is 4.86. The van der Waals surface area contributed by atoms with Crippen molar-refractivity contribution in [2.45, 2.75) is 70.9 Å². The van der Waals surface area contributed by atoms with Crippen LogP contribution in [0.2, 0.25) is 0 Å². The van der Waals surface area contributed by atoms with Crippen LogP contribution in [-0.4, -0.2) is 23.3 Å². The van der Waals surface area contributed by atoms with Crippen LogP contribution in [0.4, 0.5) is 0 Å². The van der Waals surface area contributed by atoms with Gasteiger partial charge < -0.3 is 10.4 Å². The second-order valence-corrected chi connectivity index (χ2v) is 5.42. The van der Waals surface area contributed by atoms with Crippen LogP contribution in [0.15, 0.2) is 0 Å². The van der Waals surface area contributed by atoms with E-state index in [0.29, 0.717) is 12.0 Å². The van der Waals surface area contributed by atoms with Crippen LogP contribution < -0.4 is 5.32 Å². The molecule has 90 valence electrons. The summed E-state index contributed by atoms with van der Waals surface area (Å²) < 4.78 is 0. The van der Waals surface area contributed by atoms with Gasteiger partial charge >= 0.3 is 0 Å². The van der Waals surface area contributed by atoms with Crippen LogP contribution in [0, 0.1) is 5.92 Å².